The molecule has 0 N–H and O–H groups in total. The lowest BCUT2D eigenvalue weighted by molar-refractivity contribution is 0.450. The largest absolute Gasteiger partial charge is 0.242 e. The van der Waals surface area contributed by atoms with E-state index >= 15 is 0 Å². The standard InChI is InChI=1S/C40H42Br2N2S3/c1-5-9-13-23(7-3)19-26-21-30(41)45-37(26)39-35-36(40(47-39)38-27(22-31(42)46-38)20-24(8-4)14-10-6-2)44-34-29-18-12-16-25-15-11-17-28(32(25)29)33(34)43-35/h11-12,15-18,21-24H,5-10,13-14,19-20H2,1-4H3. The summed E-state index contributed by atoms with van der Waals surface area (Å²) in [5, 5.41) is 2.54. The Balaban J connectivity index is 1.44. The molecular formula is C40H42Br2N2S3. The van der Waals surface area contributed by atoms with Gasteiger partial charge in [0, 0.05) is 16.5 Å². The van der Waals surface area contributed by atoms with Crippen LogP contribution >= 0.6 is 65.9 Å². The van der Waals surface area contributed by atoms with Gasteiger partial charge in [0.2, 0.25) is 0 Å². The van der Waals surface area contributed by atoms with E-state index in [1.54, 1.807) is 0 Å². The number of rotatable bonds is 14. The van der Waals surface area contributed by atoms with E-state index in [1.165, 1.54) is 111 Å². The molecule has 0 bridgehead atoms. The summed E-state index contributed by atoms with van der Waals surface area (Å²) in [4.78, 5) is 16.5. The summed E-state index contributed by atoms with van der Waals surface area (Å²) in [6.07, 6.45) is 12.3. The summed E-state index contributed by atoms with van der Waals surface area (Å²) in [7, 11) is 0. The Labute approximate surface area is 308 Å². The first-order chi connectivity index (χ1) is 22.9. The normalized spacial score (nSPS) is 13.6. The summed E-state index contributed by atoms with van der Waals surface area (Å²) in [6, 6.07) is 18.0. The van der Waals surface area contributed by atoms with Crippen molar-refractivity contribution >= 4 is 87.7 Å². The van der Waals surface area contributed by atoms with E-state index in [9.17, 15) is 0 Å². The maximum Gasteiger partial charge on any atom is 0.110 e. The summed E-state index contributed by atoms with van der Waals surface area (Å²) in [5.41, 5.74) is 9.48. The van der Waals surface area contributed by atoms with Crippen LogP contribution in [0, 0.1) is 11.8 Å². The number of benzene rings is 2. The zero-order valence-electron chi connectivity index (χ0n) is 27.7. The van der Waals surface area contributed by atoms with Crippen molar-refractivity contribution in [2.75, 3.05) is 0 Å². The summed E-state index contributed by atoms with van der Waals surface area (Å²) in [5.74, 6) is 1.38. The monoisotopic (exact) mass is 804 g/mol. The molecular weight excluding hydrogens is 764 g/mol. The SMILES string of the molecule is CCCCC(CC)Cc1cc(Br)sc1-c1sc(-c2sc(Br)cc2CC(CC)CCCC)c2nc3c(nc12)-c1cccc2cccc-3c12. The van der Waals surface area contributed by atoms with E-state index in [1.807, 2.05) is 34.0 Å². The molecule has 2 atom stereocenters. The minimum Gasteiger partial charge on any atom is -0.242 e. The fraction of sp³-hybridized carbons (Fsp3) is 0.400. The fourth-order valence-electron chi connectivity index (χ4n) is 7.36. The third-order valence-electron chi connectivity index (χ3n) is 10.0. The van der Waals surface area contributed by atoms with Crippen LogP contribution in [0.3, 0.4) is 0 Å². The van der Waals surface area contributed by atoms with E-state index in [-0.39, 0.29) is 0 Å². The van der Waals surface area contributed by atoms with Gasteiger partial charge in [-0.2, -0.15) is 0 Å². The maximum absolute atomic E-state index is 5.60. The number of hydrogen-bond acceptors (Lipinski definition) is 5. The quantitative estimate of drug-likeness (QED) is 0.109. The second kappa shape index (κ2) is 14.5. The molecule has 47 heavy (non-hydrogen) atoms. The first kappa shape index (κ1) is 33.6. The third-order valence-corrected chi connectivity index (χ3v) is 14.9. The van der Waals surface area contributed by atoms with Gasteiger partial charge < -0.3 is 0 Å². The Bertz CT molecular complexity index is 1910. The lowest BCUT2D eigenvalue weighted by atomic mass is 9.92. The molecule has 4 heterocycles. The van der Waals surface area contributed by atoms with Crippen molar-refractivity contribution in [3.63, 3.8) is 0 Å². The summed E-state index contributed by atoms with van der Waals surface area (Å²) < 4.78 is 2.40. The zero-order chi connectivity index (χ0) is 32.7. The smallest absolute Gasteiger partial charge is 0.110 e. The average Bonchev–Trinajstić information content (AvgIpc) is 3.83. The van der Waals surface area contributed by atoms with Gasteiger partial charge >= 0.3 is 0 Å². The van der Waals surface area contributed by atoms with Gasteiger partial charge in [-0.25, -0.2) is 9.97 Å². The van der Waals surface area contributed by atoms with Gasteiger partial charge in [0.25, 0.3) is 0 Å². The molecule has 1 aliphatic rings. The second-order valence-electron chi connectivity index (χ2n) is 13.1. The van der Waals surface area contributed by atoms with Gasteiger partial charge in [0.05, 0.1) is 38.5 Å². The molecule has 1 aliphatic carbocycles. The molecule has 244 valence electrons. The highest BCUT2D eigenvalue weighted by molar-refractivity contribution is 9.11. The molecule has 0 aliphatic heterocycles. The van der Waals surface area contributed by atoms with Crippen LogP contribution in [0.5, 0.6) is 0 Å². The lowest BCUT2D eigenvalue weighted by Crippen LogP contribution is -2.03. The topological polar surface area (TPSA) is 25.8 Å². The van der Waals surface area contributed by atoms with Gasteiger partial charge in [0.15, 0.2) is 0 Å². The number of halogens is 2. The van der Waals surface area contributed by atoms with Gasteiger partial charge in [-0.05, 0) is 85.2 Å². The van der Waals surface area contributed by atoms with Gasteiger partial charge in [-0.1, -0.05) is 115 Å². The molecule has 2 aromatic carbocycles. The Morgan fingerprint density at radius 3 is 1.51 bits per heavy atom. The predicted octanol–water partition coefficient (Wildman–Crippen LogP) is 15.0. The van der Waals surface area contributed by atoms with Crippen molar-refractivity contribution in [1.82, 2.24) is 9.97 Å². The maximum atomic E-state index is 5.60. The lowest BCUT2D eigenvalue weighted by Gasteiger charge is -2.14. The van der Waals surface area contributed by atoms with Crippen LogP contribution in [0.15, 0.2) is 56.1 Å². The zero-order valence-corrected chi connectivity index (χ0v) is 33.3. The average molecular weight is 807 g/mol. The van der Waals surface area contributed by atoms with Crippen molar-refractivity contribution in [3.05, 3.63) is 67.2 Å². The number of fused-ring (bicyclic) bond motifs is 4. The predicted molar refractivity (Wildman–Crippen MR) is 215 cm³/mol. The van der Waals surface area contributed by atoms with Crippen LogP contribution in [-0.4, -0.2) is 9.97 Å². The van der Waals surface area contributed by atoms with Gasteiger partial charge in [0.1, 0.15) is 11.0 Å². The molecule has 2 unspecified atom stereocenters. The molecule has 0 radical (unpaired) electrons. The first-order valence-corrected chi connectivity index (χ1v) is 21.4. The van der Waals surface area contributed by atoms with E-state index in [0.717, 1.165) is 35.3 Å². The number of unbranched alkanes of at least 4 members (excludes halogenated alkanes) is 2. The molecule has 6 aromatic rings. The van der Waals surface area contributed by atoms with Crippen LogP contribution in [0.4, 0.5) is 0 Å². The van der Waals surface area contributed by atoms with Crippen molar-refractivity contribution in [3.8, 4) is 42.0 Å². The molecule has 0 amide bonds. The summed E-state index contributed by atoms with van der Waals surface area (Å²) in [6.45, 7) is 9.32. The number of nitrogens with zero attached hydrogens (tertiary/aromatic N) is 2. The Morgan fingerprint density at radius 1 is 0.617 bits per heavy atom. The second-order valence-corrected chi connectivity index (χ2v) is 19.0. The van der Waals surface area contributed by atoms with Gasteiger partial charge in [-0.3, -0.25) is 0 Å². The summed E-state index contributed by atoms with van der Waals surface area (Å²) >= 11 is 13.5. The Hall–Kier alpha value is -1.90. The number of aromatic nitrogens is 2. The van der Waals surface area contributed by atoms with Crippen LogP contribution in [-0.2, 0) is 12.8 Å². The Kier molecular flexibility index (Phi) is 10.4. The molecule has 0 saturated carbocycles. The van der Waals surface area contributed by atoms with Crippen molar-refractivity contribution in [2.45, 2.75) is 91.9 Å². The molecule has 7 heteroatoms. The highest BCUT2D eigenvalue weighted by Crippen LogP contribution is 2.53. The molecule has 2 nitrogen and oxygen atoms in total. The minimum absolute atomic E-state index is 0.692. The van der Waals surface area contributed by atoms with E-state index in [4.69, 9.17) is 9.97 Å². The number of thiophene rings is 3. The highest BCUT2D eigenvalue weighted by Gasteiger charge is 2.30. The van der Waals surface area contributed by atoms with Crippen LogP contribution in [0.25, 0.3) is 63.8 Å². The molecule has 4 aromatic heterocycles. The van der Waals surface area contributed by atoms with Gasteiger partial charge in [-0.15, -0.1) is 34.0 Å². The third kappa shape index (κ3) is 6.45. The van der Waals surface area contributed by atoms with Crippen LogP contribution < -0.4 is 0 Å². The molecule has 0 saturated heterocycles. The first-order valence-electron chi connectivity index (χ1n) is 17.4. The van der Waals surface area contributed by atoms with E-state index < -0.39 is 0 Å². The fourth-order valence-corrected chi connectivity index (χ4v) is 12.2. The molecule has 0 spiro atoms. The van der Waals surface area contributed by atoms with Crippen molar-refractivity contribution < 1.29 is 0 Å². The van der Waals surface area contributed by atoms with Crippen molar-refractivity contribution in [1.29, 1.82) is 0 Å². The Morgan fingerprint density at radius 2 is 1.09 bits per heavy atom. The molecule has 7 rings (SSSR count). The molecule has 0 fully saturated rings. The van der Waals surface area contributed by atoms with Crippen LogP contribution in [0.2, 0.25) is 0 Å². The number of hydrogen-bond donors (Lipinski definition) is 0. The minimum atomic E-state index is 0.692. The van der Waals surface area contributed by atoms with Crippen molar-refractivity contribution in [2.24, 2.45) is 11.8 Å². The van der Waals surface area contributed by atoms with E-state index in [2.05, 4.69) is 108 Å². The highest BCUT2D eigenvalue weighted by atomic mass is 79.9. The van der Waals surface area contributed by atoms with Crippen LogP contribution in [0.1, 0.15) is 90.2 Å². The van der Waals surface area contributed by atoms with E-state index in [0.29, 0.717) is 11.8 Å².